The highest BCUT2D eigenvalue weighted by Gasteiger charge is 2.34. The Morgan fingerprint density at radius 3 is 2.74 bits per heavy atom. The molecule has 3 nitrogen and oxygen atoms in total. The highest BCUT2D eigenvalue weighted by molar-refractivity contribution is 6.30. The molecule has 2 bridgehead atoms. The number of morpholine rings is 1. The fourth-order valence-electron chi connectivity index (χ4n) is 3.05. The molecule has 2 atom stereocenters. The van der Waals surface area contributed by atoms with Crippen LogP contribution in [-0.4, -0.2) is 31.8 Å². The fourth-order valence-corrected chi connectivity index (χ4v) is 3.22. The van der Waals surface area contributed by atoms with Crippen molar-refractivity contribution in [3.63, 3.8) is 0 Å². The summed E-state index contributed by atoms with van der Waals surface area (Å²) in [5, 5.41) is 4.21. The molecule has 2 heterocycles. The topological polar surface area (TPSA) is 24.5 Å². The summed E-state index contributed by atoms with van der Waals surface area (Å²) >= 11 is 6.18. The molecule has 2 aliphatic heterocycles. The number of hydrogen-bond donors (Lipinski definition) is 1. The first-order valence-electron chi connectivity index (χ1n) is 7.16. The number of nitrogens with one attached hydrogen (secondary N) is 1. The van der Waals surface area contributed by atoms with Crippen molar-refractivity contribution in [1.82, 2.24) is 5.32 Å². The van der Waals surface area contributed by atoms with Crippen LogP contribution in [0, 0.1) is 0 Å². The largest absolute Gasteiger partial charge is 0.371 e. The lowest BCUT2D eigenvalue weighted by Gasteiger charge is -2.35. The second-order valence-corrected chi connectivity index (χ2v) is 5.85. The van der Waals surface area contributed by atoms with Crippen LogP contribution in [0.25, 0.3) is 0 Å². The van der Waals surface area contributed by atoms with Crippen LogP contribution in [0.2, 0.25) is 5.02 Å². The van der Waals surface area contributed by atoms with Gasteiger partial charge in [-0.1, -0.05) is 24.6 Å². The van der Waals surface area contributed by atoms with E-state index in [4.69, 9.17) is 16.3 Å². The Hall–Kier alpha value is -0.770. The zero-order valence-corrected chi connectivity index (χ0v) is 12.1. The van der Waals surface area contributed by atoms with Crippen LogP contribution in [-0.2, 0) is 11.3 Å². The number of anilines is 1. The van der Waals surface area contributed by atoms with Crippen molar-refractivity contribution in [3.05, 3.63) is 28.8 Å². The predicted octanol–water partition coefficient (Wildman–Crippen LogP) is 2.82. The summed E-state index contributed by atoms with van der Waals surface area (Å²) in [6, 6.07) is 6.21. The van der Waals surface area contributed by atoms with Gasteiger partial charge < -0.3 is 15.0 Å². The van der Waals surface area contributed by atoms with Gasteiger partial charge in [0.1, 0.15) is 0 Å². The van der Waals surface area contributed by atoms with Crippen LogP contribution < -0.4 is 10.2 Å². The molecule has 0 amide bonds. The van der Waals surface area contributed by atoms with Crippen LogP contribution >= 0.6 is 11.6 Å². The minimum atomic E-state index is 0.407. The normalized spacial score (nSPS) is 25.9. The molecule has 2 aliphatic rings. The first-order chi connectivity index (χ1) is 9.26. The maximum absolute atomic E-state index is 6.18. The van der Waals surface area contributed by atoms with Gasteiger partial charge in [0.05, 0.1) is 12.2 Å². The summed E-state index contributed by atoms with van der Waals surface area (Å²) in [5.74, 6) is 0. The van der Waals surface area contributed by atoms with Crippen molar-refractivity contribution in [2.24, 2.45) is 0 Å². The highest BCUT2D eigenvalue weighted by atomic mass is 35.5. The summed E-state index contributed by atoms with van der Waals surface area (Å²) in [4.78, 5) is 2.45. The Labute approximate surface area is 119 Å². The Balaban J connectivity index is 1.83. The molecule has 1 N–H and O–H groups in total. The molecule has 4 heteroatoms. The molecule has 0 radical (unpaired) electrons. The van der Waals surface area contributed by atoms with Crippen molar-refractivity contribution in [3.8, 4) is 0 Å². The summed E-state index contributed by atoms with van der Waals surface area (Å²) in [6.45, 7) is 6.00. The van der Waals surface area contributed by atoms with E-state index in [-0.39, 0.29) is 0 Å². The minimum absolute atomic E-state index is 0.407. The van der Waals surface area contributed by atoms with Crippen LogP contribution in [0.1, 0.15) is 25.3 Å². The Kier molecular flexibility index (Phi) is 3.96. The minimum Gasteiger partial charge on any atom is -0.371 e. The standard InChI is InChI=1S/C15H21ClN2O/c1-2-17-8-11-3-4-12(16)7-15(11)18-9-13-5-6-14(10-18)19-13/h3-4,7,13-14,17H,2,5-6,8-10H2,1H3. The van der Waals surface area contributed by atoms with E-state index in [0.717, 1.165) is 31.2 Å². The van der Waals surface area contributed by atoms with Crippen molar-refractivity contribution < 1.29 is 4.74 Å². The smallest absolute Gasteiger partial charge is 0.0755 e. The lowest BCUT2D eigenvalue weighted by molar-refractivity contribution is 0.0304. The van der Waals surface area contributed by atoms with Crippen molar-refractivity contribution in [2.75, 3.05) is 24.5 Å². The molecule has 1 aromatic rings. The van der Waals surface area contributed by atoms with Crippen LogP contribution in [0.3, 0.4) is 0 Å². The van der Waals surface area contributed by atoms with E-state index >= 15 is 0 Å². The third kappa shape index (κ3) is 2.88. The second kappa shape index (κ2) is 5.70. The van der Waals surface area contributed by atoms with Gasteiger partial charge in [-0.15, -0.1) is 0 Å². The van der Waals surface area contributed by atoms with Gasteiger partial charge in [-0.3, -0.25) is 0 Å². The second-order valence-electron chi connectivity index (χ2n) is 5.42. The summed E-state index contributed by atoms with van der Waals surface area (Å²) in [7, 11) is 0. The van der Waals surface area contributed by atoms with E-state index < -0.39 is 0 Å². The van der Waals surface area contributed by atoms with Gasteiger partial charge in [0.2, 0.25) is 0 Å². The lowest BCUT2D eigenvalue weighted by atomic mass is 10.1. The first kappa shape index (κ1) is 13.2. The lowest BCUT2D eigenvalue weighted by Crippen LogP contribution is -2.43. The third-order valence-electron chi connectivity index (χ3n) is 4.00. The summed E-state index contributed by atoms with van der Waals surface area (Å²) in [5.41, 5.74) is 2.60. The third-order valence-corrected chi connectivity index (χ3v) is 4.23. The van der Waals surface area contributed by atoms with Crippen molar-refractivity contribution in [1.29, 1.82) is 0 Å². The van der Waals surface area contributed by atoms with Gasteiger partial charge in [-0.05, 0) is 37.1 Å². The van der Waals surface area contributed by atoms with E-state index in [9.17, 15) is 0 Å². The number of hydrogen-bond acceptors (Lipinski definition) is 3. The Bertz CT molecular complexity index is 440. The number of benzene rings is 1. The van der Waals surface area contributed by atoms with Gasteiger partial charge in [0.15, 0.2) is 0 Å². The van der Waals surface area contributed by atoms with Crippen molar-refractivity contribution >= 4 is 17.3 Å². The number of ether oxygens (including phenoxy) is 1. The Morgan fingerprint density at radius 2 is 2.05 bits per heavy atom. The van der Waals surface area contributed by atoms with Gasteiger partial charge in [-0.2, -0.15) is 0 Å². The molecule has 104 valence electrons. The van der Waals surface area contributed by atoms with E-state index in [1.165, 1.54) is 24.1 Å². The molecule has 0 spiro atoms. The van der Waals surface area contributed by atoms with E-state index in [2.05, 4.69) is 29.3 Å². The average Bonchev–Trinajstić information content (AvgIpc) is 2.76. The monoisotopic (exact) mass is 280 g/mol. The molecule has 1 aromatic carbocycles. The van der Waals surface area contributed by atoms with Gasteiger partial charge in [0, 0.05) is 30.3 Å². The number of rotatable bonds is 4. The van der Waals surface area contributed by atoms with Crippen LogP contribution in [0.5, 0.6) is 0 Å². The van der Waals surface area contributed by atoms with Gasteiger partial charge >= 0.3 is 0 Å². The molecule has 2 unspecified atom stereocenters. The van der Waals surface area contributed by atoms with Gasteiger partial charge in [-0.25, -0.2) is 0 Å². The van der Waals surface area contributed by atoms with E-state index in [1.807, 2.05) is 6.07 Å². The zero-order chi connectivity index (χ0) is 13.2. The van der Waals surface area contributed by atoms with Crippen LogP contribution in [0.4, 0.5) is 5.69 Å². The molecule has 0 aliphatic carbocycles. The number of halogens is 1. The van der Waals surface area contributed by atoms with Crippen LogP contribution in [0.15, 0.2) is 18.2 Å². The molecular weight excluding hydrogens is 260 g/mol. The summed E-state index contributed by atoms with van der Waals surface area (Å²) < 4.78 is 5.91. The zero-order valence-electron chi connectivity index (χ0n) is 11.4. The first-order valence-corrected chi connectivity index (χ1v) is 7.53. The van der Waals surface area contributed by atoms with Gasteiger partial charge in [0.25, 0.3) is 0 Å². The molecule has 2 fully saturated rings. The number of nitrogens with zero attached hydrogens (tertiary/aromatic N) is 1. The quantitative estimate of drug-likeness (QED) is 0.918. The number of fused-ring (bicyclic) bond motifs is 2. The average molecular weight is 281 g/mol. The SMILES string of the molecule is CCNCc1ccc(Cl)cc1N1CC2CCC(C1)O2. The highest BCUT2D eigenvalue weighted by Crippen LogP contribution is 2.32. The Morgan fingerprint density at radius 1 is 1.32 bits per heavy atom. The molecule has 19 heavy (non-hydrogen) atoms. The molecule has 0 saturated carbocycles. The predicted molar refractivity (Wildman–Crippen MR) is 78.9 cm³/mol. The van der Waals surface area contributed by atoms with E-state index in [0.29, 0.717) is 12.2 Å². The van der Waals surface area contributed by atoms with E-state index in [1.54, 1.807) is 0 Å². The molecular formula is C15H21ClN2O. The molecule has 2 saturated heterocycles. The summed E-state index contributed by atoms with van der Waals surface area (Å²) in [6.07, 6.45) is 3.21. The maximum atomic E-state index is 6.18. The maximum Gasteiger partial charge on any atom is 0.0755 e. The van der Waals surface area contributed by atoms with Crippen molar-refractivity contribution in [2.45, 2.75) is 38.5 Å². The molecule has 3 rings (SSSR count). The fraction of sp³-hybridized carbons (Fsp3) is 0.600. The molecule has 0 aromatic heterocycles.